The minimum Gasteiger partial charge on any atom is -0.436 e. The van der Waals surface area contributed by atoms with E-state index in [2.05, 4.69) is 36.5 Å². The van der Waals surface area contributed by atoms with E-state index in [1.807, 2.05) is 6.07 Å². The molecule has 2 aromatic heterocycles. The Labute approximate surface area is 194 Å². The van der Waals surface area contributed by atoms with Crippen molar-refractivity contribution in [2.75, 3.05) is 5.32 Å². The predicted molar refractivity (Wildman–Crippen MR) is 125 cm³/mol. The number of anilines is 1. The molecule has 0 aliphatic rings. The molecule has 1 amide bonds. The number of fused-ring (bicyclic) bond motifs is 1. The molecule has 2 aromatic carbocycles. The van der Waals surface area contributed by atoms with Crippen LogP contribution in [0.1, 0.15) is 10.4 Å². The third-order valence-electron chi connectivity index (χ3n) is 4.01. The monoisotopic (exact) mass is 520 g/mol. The molecule has 150 valence electrons. The number of halogens is 3. The van der Waals surface area contributed by atoms with E-state index in [9.17, 15) is 4.79 Å². The number of amides is 1. The molecule has 2 heterocycles. The van der Waals surface area contributed by atoms with Gasteiger partial charge in [0.05, 0.1) is 15.6 Å². The lowest BCUT2D eigenvalue weighted by Gasteiger charge is -2.10. The van der Waals surface area contributed by atoms with Gasteiger partial charge in [-0.05, 0) is 70.6 Å². The smallest absolute Gasteiger partial charge is 0.257 e. The lowest BCUT2D eigenvalue weighted by atomic mass is 10.2. The van der Waals surface area contributed by atoms with Gasteiger partial charge in [0.15, 0.2) is 10.7 Å². The number of carbonyl (C=O) groups excluding carboxylic acids is 1. The van der Waals surface area contributed by atoms with E-state index in [1.165, 1.54) is 6.07 Å². The first-order valence-corrected chi connectivity index (χ1v) is 10.4. The molecule has 0 radical (unpaired) electrons. The van der Waals surface area contributed by atoms with Crippen LogP contribution < -0.4 is 10.6 Å². The summed E-state index contributed by atoms with van der Waals surface area (Å²) in [6.07, 6.45) is 3.35. The molecule has 0 aliphatic carbocycles. The maximum Gasteiger partial charge on any atom is 0.257 e. The van der Waals surface area contributed by atoms with Gasteiger partial charge in [0.1, 0.15) is 5.52 Å². The number of carbonyl (C=O) groups is 1. The normalized spacial score (nSPS) is 10.8. The average Bonchev–Trinajstić information content (AvgIpc) is 3.13. The summed E-state index contributed by atoms with van der Waals surface area (Å²) >= 11 is 20.4. The predicted octanol–water partition coefficient (Wildman–Crippen LogP) is 6.09. The zero-order chi connectivity index (χ0) is 21.3. The topological polar surface area (TPSA) is 80.0 Å². The van der Waals surface area contributed by atoms with Crippen molar-refractivity contribution in [1.82, 2.24) is 15.3 Å². The summed E-state index contributed by atoms with van der Waals surface area (Å²) in [5.74, 6) is 0.0458. The molecule has 0 atom stereocenters. The molecule has 0 fully saturated rings. The van der Waals surface area contributed by atoms with Crippen molar-refractivity contribution in [3.8, 4) is 11.5 Å². The van der Waals surface area contributed by atoms with E-state index in [4.69, 9.17) is 39.8 Å². The van der Waals surface area contributed by atoms with Crippen LogP contribution in [0.3, 0.4) is 0 Å². The fourth-order valence-electron chi connectivity index (χ4n) is 2.63. The van der Waals surface area contributed by atoms with Crippen LogP contribution in [-0.4, -0.2) is 21.0 Å². The van der Waals surface area contributed by atoms with Crippen molar-refractivity contribution in [2.45, 2.75) is 0 Å². The van der Waals surface area contributed by atoms with Gasteiger partial charge in [-0.1, -0.05) is 23.2 Å². The lowest BCUT2D eigenvalue weighted by Crippen LogP contribution is -2.34. The van der Waals surface area contributed by atoms with Crippen LogP contribution in [0.4, 0.5) is 5.69 Å². The number of benzene rings is 2. The first-order chi connectivity index (χ1) is 14.4. The fraction of sp³-hybridized carbons (Fsp3) is 0. The SMILES string of the molecule is O=C(NC(=S)Nc1ccc2oc(-c3cncc(Br)c3)nc2c1)c1ccc(Cl)c(Cl)c1. The fourth-order valence-corrected chi connectivity index (χ4v) is 3.51. The molecule has 0 spiro atoms. The molecule has 6 nitrogen and oxygen atoms in total. The van der Waals surface area contributed by atoms with Gasteiger partial charge in [-0.2, -0.15) is 0 Å². The Bertz CT molecular complexity index is 1300. The van der Waals surface area contributed by atoms with Gasteiger partial charge < -0.3 is 9.73 Å². The van der Waals surface area contributed by atoms with E-state index in [0.717, 1.165) is 10.0 Å². The largest absolute Gasteiger partial charge is 0.436 e. The van der Waals surface area contributed by atoms with Gasteiger partial charge in [-0.25, -0.2) is 4.98 Å². The van der Waals surface area contributed by atoms with E-state index in [1.54, 1.807) is 42.7 Å². The zero-order valence-corrected chi connectivity index (χ0v) is 18.9. The van der Waals surface area contributed by atoms with Crippen molar-refractivity contribution < 1.29 is 9.21 Å². The lowest BCUT2D eigenvalue weighted by molar-refractivity contribution is 0.0977. The van der Waals surface area contributed by atoms with Crippen LogP contribution in [0, 0.1) is 0 Å². The maximum atomic E-state index is 12.3. The summed E-state index contributed by atoms with van der Waals surface area (Å²) in [5, 5.41) is 6.34. The molecule has 0 aliphatic heterocycles. The number of pyridine rings is 1. The van der Waals surface area contributed by atoms with Gasteiger partial charge >= 0.3 is 0 Å². The second kappa shape index (κ2) is 8.69. The van der Waals surface area contributed by atoms with E-state index in [0.29, 0.717) is 33.3 Å². The van der Waals surface area contributed by atoms with Crippen LogP contribution >= 0.6 is 51.3 Å². The molecule has 30 heavy (non-hydrogen) atoms. The minimum absolute atomic E-state index is 0.130. The van der Waals surface area contributed by atoms with E-state index < -0.39 is 5.91 Å². The molecule has 10 heteroatoms. The van der Waals surface area contributed by atoms with Crippen LogP contribution in [0.2, 0.25) is 10.0 Å². The summed E-state index contributed by atoms with van der Waals surface area (Å²) in [4.78, 5) is 20.9. The zero-order valence-electron chi connectivity index (χ0n) is 14.9. The molecule has 0 saturated carbocycles. The molecule has 2 N–H and O–H groups in total. The third-order valence-corrected chi connectivity index (χ3v) is 5.38. The quantitative estimate of drug-likeness (QED) is 0.318. The maximum absolute atomic E-state index is 12.3. The second-order valence-electron chi connectivity index (χ2n) is 6.13. The number of nitrogens with one attached hydrogen (secondary N) is 2. The van der Waals surface area contributed by atoms with E-state index in [-0.39, 0.29) is 10.1 Å². The highest BCUT2D eigenvalue weighted by molar-refractivity contribution is 9.10. The average molecular weight is 522 g/mol. The molecule has 0 bridgehead atoms. The first kappa shape index (κ1) is 20.7. The highest BCUT2D eigenvalue weighted by Gasteiger charge is 2.12. The standard InChI is InChI=1S/C20H11BrCl2N4O2S/c21-12-5-11(8-24-9-12)19-26-16-7-13(2-4-17(16)29-19)25-20(30)27-18(28)10-1-3-14(22)15(23)6-10/h1-9H,(H2,25,27,28,30). The van der Waals surface area contributed by atoms with Gasteiger partial charge in [0, 0.05) is 28.1 Å². The molecule has 4 aromatic rings. The van der Waals surface area contributed by atoms with Gasteiger partial charge in [-0.15, -0.1) is 0 Å². The Morgan fingerprint density at radius 1 is 1.07 bits per heavy atom. The summed E-state index contributed by atoms with van der Waals surface area (Å²) in [6.45, 7) is 0. The molecule has 0 unspecified atom stereocenters. The molecule has 0 saturated heterocycles. The first-order valence-electron chi connectivity index (χ1n) is 8.48. The number of nitrogens with zero attached hydrogens (tertiary/aromatic N) is 2. The Kier molecular flexibility index (Phi) is 6.01. The number of hydrogen-bond donors (Lipinski definition) is 2. The van der Waals surface area contributed by atoms with Crippen molar-refractivity contribution in [3.05, 3.63) is 74.9 Å². The number of oxazole rings is 1. The van der Waals surface area contributed by atoms with Crippen LogP contribution in [-0.2, 0) is 0 Å². The Hall–Kier alpha value is -2.52. The van der Waals surface area contributed by atoms with Crippen molar-refractivity contribution in [3.63, 3.8) is 0 Å². The Balaban J connectivity index is 1.48. The highest BCUT2D eigenvalue weighted by Crippen LogP contribution is 2.27. The van der Waals surface area contributed by atoms with Gasteiger partial charge in [0.25, 0.3) is 5.91 Å². The van der Waals surface area contributed by atoms with E-state index >= 15 is 0 Å². The summed E-state index contributed by atoms with van der Waals surface area (Å²) in [7, 11) is 0. The molecular formula is C20H11BrCl2N4O2S. The Morgan fingerprint density at radius 3 is 2.67 bits per heavy atom. The number of aromatic nitrogens is 2. The Morgan fingerprint density at radius 2 is 1.90 bits per heavy atom. The number of hydrogen-bond acceptors (Lipinski definition) is 5. The van der Waals surface area contributed by atoms with Gasteiger partial charge in [-0.3, -0.25) is 15.1 Å². The highest BCUT2D eigenvalue weighted by atomic mass is 79.9. The summed E-state index contributed by atoms with van der Waals surface area (Å²) in [5.41, 5.74) is 2.98. The van der Waals surface area contributed by atoms with Crippen molar-refractivity contribution in [2.24, 2.45) is 0 Å². The van der Waals surface area contributed by atoms with Crippen LogP contribution in [0.25, 0.3) is 22.6 Å². The summed E-state index contributed by atoms with van der Waals surface area (Å²) < 4.78 is 6.61. The van der Waals surface area contributed by atoms with Crippen LogP contribution in [0.5, 0.6) is 0 Å². The molecular weight excluding hydrogens is 511 g/mol. The molecule has 4 rings (SSSR count). The van der Waals surface area contributed by atoms with Gasteiger partial charge in [0.2, 0.25) is 5.89 Å². The van der Waals surface area contributed by atoms with Crippen molar-refractivity contribution in [1.29, 1.82) is 0 Å². The van der Waals surface area contributed by atoms with Crippen molar-refractivity contribution >= 4 is 79.2 Å². The minimum atomic E-state index is -0.405. The third kappa shape index (κ3) is 4.62. The number of rotatable bonds is 3. The number of thiocarbonyl (C=S) groups is 1. The second-order valence-corrected chi connectivity index (χ2v) is 8.27. The van der Waals surface area contributed by atoms with Crippen LogP contribution in [0.15, 0.2) is 63.7 Å². The summed E-state index contributed by atoms with van der Waals surface area (Å²) in [6, 6.07) is 11.8.